The van der Waals surface area contributed by atoms with Gasteiger partial charge in [0.2, 0.25) is 0 Å². The predicted octanol–water partition coefficient (Wildman–Crippen LogP) is 3.35. The van der Waals surface area contributed by atoms with Crippen LogP contribution in [-0.4, -0.2) is 24.9 Å². The van der Waals surface area contributed by atoms with Crippen molar-refractivity contribution in [3.63, 3.8) is 0 Å². The molecule has 0 bridgehead atoms. The first kappa shape index (κ1) is 15.8. The Morgan fingerprint density at radius 1 is 1.10 bits per heavy atom. The van der Waals surface area contributed by atoms with Crippen molar-refractivity contribution < 1.29 is 9.84 Å². The molecule has 2 aromatic rings. The summed E-state index contributed by atoms with van der Waals surface area (Å²) in [5.74, 6) is 1.41. The highest BCUT2D eigenvalue weighted by Gasteiger charge is 2.13. The van der Waals surface area contributed by atoms with E-state index in [4.69, 9.17) is 9.84 Å². The van der Waals surface area contributed by atoms with Crippen LogP contribution in [0, 0.1) is 5.92 Å². The molecule has 1 atom stereocenters. The number of fused-ring (bicyclic) bond motifs is 1. The zero-order valence-electron chi connectivity index (χ0n) is 13.1. The molecule has 0 aromatic heterocycles. The largest absolute Gasteiger partial charge is 0.496 e. The Balaban J connectivity index is 2.23. The molecule has 0 amide bonds. The highest BCUT2D eigenvalue weighted by molar-refractivity contribution is 5.91. The molecule has 0 fully saturated rings. The fourth-order valence-electron chi connectivity index (χ4n) is 2.72. The monoisotopic (exact) mass is 287 g/mol. The van der Waals surface area contributed by atoms with Gasteiger partial charge in [-0.25, -0.2) is 0 Å². The molecule has 0 saturated carbocycles. The van der Waals surface area contributed by atoms with Crippen LogP contribution in [0.15, 0.2) is 36.4 Å². The number of hydrogen-bond acceptors (Lipinski definition) is 3. The average Bonchev–Trinajstić information content (AvgIpc) is 2.50. The van der Waals surface area contributed by atoms with E-state index in [9.17, 15) is 0 Å². The summed E-state index contributed by atoms with van der Waals surface area (Å²) in [7, 11) is 1.70. The van der Waals surface area contributed by atoms with Crippen molar-refractivity contribution in [1.29, 1.82) is 0 Å². The molecular formula is C18H25NO2. The van der Waals surface area contributed by atoms with Gasteiger partial charge in [0.15, 0.2) is 0 Å². The molecule has 0 saturated heterocycles. The second-order valence-electron chi connectivity index (χ2n) is 5.72. The van der Waals surface area contributed by atoms with Crippen molar-refractivity contribution >= 4 is 10.8 Å². The van der Waals surface area contributed by atoms with Gasteiger partial charge in [-0.15, -0.1) is 0 Å². The van der Waals surface area contributed by atoms with Gasteiger partial charge in [0.1, 0.15) is 5.75 Å². The molecule has 3 heteroatoms. The van der Waals surface area contributed by atoms with Gasteiger partial charge < -0.3 is 15.2 Å². The van der Waals surface area contributed by atoms with Gasteiger partial charge in [-0.1, -0.05) is 44.2 Å². The third-order valence-electron chi connectivity index (χ3n) is 3.99. The maximum Gasteiger partial charge on any atom is 0.126 e. The molecular weight excluding hydrogens is 262 g/mol. The molecule has 0 aliphatic heterocycles. The Hall–Kier alpha value is -1.58. The van der Waals surface area contributed by atoms with Crippen molar-refractivity contribution in [1.82, 2.24) is 5.32 Å². The number of rotatable bonds is 7. The lowest BCUT2D eigenvalue weighted by Gasteiger charge is -2.22. The molecule has 0 radical (unpaired) electrons. The second-order valence-corrected chi connectivity index (χ2v) is 5.72. The summed E-state index contributed by atoms with van der Waals surface area (Å²) in [5, 5.41) is 15.1. The van der Waals surface area contributed by atoms with Crippen LogP contribution in [0.5, 0.6) is 5.75 Å². The van der Waals surface area contributed by atoms with Crippen LogP contribution < -0.4 is 10.1 Å². The van der Waals surface area contributed by atoms with E-state index in [1.54, 1.807) is 7.11 Å². The molecule has 114 valence electrons. The quantitative estimate of drug-likeness (QED) is 0.820. The van der Waals surface area contributed by atoms with Crippen molar-refractivity contribution in [2.75, 3.05) is 13.7 Å². The van der Waals surface area contributed by atoms with Crippen LogP contribution in [0.1, 0.15) is 25.8 Å². The van der Waals surface area contributed by atoms with Gasteiger partial charge in [-0.2, -0.15) is 0 Å². The first-order chi connectivity index (χ1) is 10.2. The fourth-order valence-corrected chi connectivity index (χ4v) is 2.72. The predicted molar refractivity (Wildman–Crippen MR) is 87.7 cm³/mol. The normalized spacial score (nSPS) is 12.8. The van der Waals surface area contributed by atoms with Gasteiger partial charge in [0.25, 0.3) is 0 Å². The molecule has 2 aromatic carbocycles. The number of hydrogen-bond donors (Lipinski definition) is 2. The summed E-state index contributed by atoms with van der Waals surface area (Å²) in [4.78, 5) is 0. The zero-order chi connectivity index (χ0) is 15.2. The van der Waals surface area contributed by atoms with Gasteiger partial charge in [0, 0.05) is 24.6 Å². The minimum atomic E-state index is 0.221. The topological polar surface area (TPSA) is 41.5 Å². The average molecular weight is 287 g/mol. The van der Waals surface area contributed by atoms with Crippen molar-refractivity contribution in [2.45, 2.75) is 32.9 Å². The molecule has 2 rings (SSSR count). The summed E-state index contributed by atoms with van der Waals surface area (Å²) in [6.45, 7) is 5.38. The highest BCUT2D eigenvalue weighted by Crippen LogP contribution is 2.28. The molecule has 1 unspecified atom stereocenters. The summed E-state index contributed by atoms with van der Waals surface area (Å²) < 4.78 is 5.43. The Bertz CT molecular complexity index is 580. The molecule has 0 heterocycles. The third kappa shape index (κ3) is 3.74. The van der Waals surface area contributed by atoms with E-state index in [0.29, 0.717) is 12.0 Å². The Kier molecular flexibility index (Phi) is 5.59. The highest BCUT2D eigenvalue weighted by atomic mass is 16.5. The maximum absolute atomic E-state index is 9.17. The van der Waals surface area contributed by atoms with Crippen LogP contribution in [0.2, 0.25) is 0 Å². The lowest BCUT2D eigenvalue weighted by Crippen LogP contribution is -2.34. The summed E-state index contributed by atoms with van der Waals surface area (Å²) in [5.41, 5.74) is 1.26. The van der Waals surface area contributed by atoms with Crippen LogP contribution >= 0.6 is 0 Å². The Labute approximate surface area is 126 Å². The first-order valence-electron chi connectivity index (χ1n) is 7.56. The third-order valence-corrected chi connectivity index (χ3v) is 3.99. The van der Waals surface area contributed by atoms with Crippen LogP contribution in [0.3, 0.4) is 0 Å². The van der Waals surface area contributed by atoms with E-state index >= 15 is 0 Å². The van der Waals surface area contributed by atoms with E-state index in [1.165, 1.54) is 10.9 Å². The molecule has 3 nitrogen and oxygen atoms in total. The molecule has 0 aliphatic carbocycles. The van der Waals surface area contributed by atoms with Gasteiger partial charge >= 0.3 is 0 Å². The Morgan fingerprint density at radius 2 is 1.81 bits per heavy atom. The SMILES string of the molecule is COc1ccc(CNC(CCO)C(C)C)c2ccccc12. The standard InChI is InChI=1S/C18H25NO2/c1-13(2)17(10-11-20)19-12-14-8-9-18(21-3)16-7-5-4-6-15(14)16/h4-9,13,17,19-20H,10-12H2,1-3H3. The first-order valence-corrected chi connectivity index (χ1v) is 7.56. The smallest absolute Gasteiger partial charge is 0.126 e. The maximum atomic E-state index is 9.17. The van der Waals surface area contributed by atoms with E-state index in [0.717, 1.165) is 24.1 Å². The van der Waals surface area contributed by atoms with Crippen molar-refractivity contribution in [2.24, 2.45) is 5.92 Å². The molecule has 2 N–H and O–H groups in total. The number of methoxy groups -OCH3 is 1. The van der Waals surface area contributed by atoms with E-state index in [2.05, 4.69) is 43.4 Å². The van der Waals surface area contributed by atoms with E-state index in [-0.39, 0.29) is 6.61 Å². The minimum Gasteiger partial charge on any atom is -0.496 e. The van der Waals surface area contributed by atoms with Crippen LogP contribution in [-0.2, 0) is 6.54 Å². The summed E-state index contributed by atoms with van der Waals surface area (Å²) in [6, 6.07) is 12.8. The van der Waals surface area contributed by atoms with Crippen molar-refractivity contribution in [3.05, 3.63) is 42.0 Å². The van der Waals surface area contributed by atoms with Crippen LogP contribution in [0.25, 0.3) is 10.8 Å². The second kappa shape index (κ2) is 7.43. The number of nitrogens with one attached hydrogen (secondary N) is 1. The summed E-state index contributed by atoms with van der Waals surface area (Å²) in [6.07, 6.45) is 0.783. The summed E-state index contributed by atoms with van der Waals surface area (Å²) >= 11 is 0. The number of aliphatic hydroxyl groups is 1. The number of ether oxygens (including phenoxy) is 1. The Morgan fingerprint density at radius 3 is 2.43 bits per heavy atom. The zero-order valence-corrected chi connectivity index (χ0v) is 13.1. The lowest BCUT2D eigenvalue weighted by atomic mass is 9.99. The fraction of sp³-hybridized carbons (Fsp3) is 0.444. The minimum absolute atomic E-state index is 0.221. The van der Waals surface area contributed by atoms with Crippen molar-refractivity contribution in [3.8, 4) is 5.75 Å². The lowest BCUT2D eigenvalue weighted by molar-refractivity contribution is 0.244. The molecule has 0 spiro atoms. The van der Waals surface area contributed by atoms with E-state index in [1.807, 2.05) is 12.1 Å². The van der Waals surface area contributed by atoms with Gasteiger partial charge in [-0.05, 0) is 29.4 Å². The number of benzene rings is 2. The van der Waals surface area contributed by atoms with E-state index < -0.39 is 0 Å². The number of aliphatic hydroxyl groups excluding tert-OH is 1. The van der Waals surface area contributed by atoms with Crippen LogP contribution in [0.4, 0.5) is 0 Å². The molecule has 21 heavy (non-hydrogen) atoms. The molecule has 0 aliphatic rings. The van der Waals surface area contributed by atoms with Gasteiger partial charge in [-0.3, -0.25) is 0 Å². The van der Waals surface area contributed by atoms with Gasteiger partial charge in [0.05, 0.1) is 7.11 Å².